The molecule has 0 spiro atoms. The molecule has 0 saturated carbocycles. The number of hydrogen-bond acceptors (Lipinski definition) is 3. The zero-order valence-electron chi connectivity index (χ0n) is 15.0. The Kier molecular flexibility index (Phi) is 5.24. The van der Waals surface area contributed by atoms with Crippen molar-refractivity contribution >= 4 is 28.4 Å². The lowest BCUT2D eigenvalue weighted by molar-refractivity contribution is 0.0628. The first kappa shape index (κ1) is 18.8. The van der Waals surface area contributed by atoms with E-state index in [-0.39, 0.29) is 11.5 Å². The fourth-order valence-corrected chi connectivity index (χ4v) is 3.76. The van der Waals surface area contributed by atoms with Crippen LogP contribution in [0.3, 0.4) is 0 Å². The highest BCUT2D eigenvalue weighted by Gasteiger charge is 2.23. The summed E-state index contributed by atoms with van der Waals surface area (Å²) < 4.78 is 26.5. The average molecular weight is 402 g/mol. The summed E-state index contributed by atoms with van der Waals surface area (Å²) in [5.74, 6) is -2.25. The van der Waals surface area contributed by atoms with E-state index in [1.54, 1.807) is 11.1 Å². The van der Waals surface area contributed by atoms with Crippen LogP contribution in [0, 0.1) is 11.6 Å². The predicted octanol–water partition coefficient (Wildman–Crippen LogP) is 4.12. The molecule has 0 radical (unpaired) electrons. The third-order valence-corrected chi connectivity index (χ3v) is 5.19. The zero-order chi connectivity index (χ0) is 19.7. The van der Waals surface area contributed by atoms with Crippen molar-refractivity contribution in [1.82, 2.24) is 14.8 Å². The van der Waals surface area contributed by atoms with Gasteiger partial charge < -0.3 is 4.90 Å². The Morgan fingerprint density at radius 2 is 1.82 bits per heavy atom. The number of carbonyl (C=O) groups excluding carboxylic acids is 1. The molecular formula is C21H18ClF2N3O. The van der Waals surface area contributed by atoms with E-state index in [0.29, 0.717) is 37.7 Å². The summed E-state index contributed by atoms with van der Waals surface area (Å²) in [5.41, 5.74) is 2.13. The maximum Gasteiger partial charge on any atom is 0.254 e. The fraction of sp³-hybridized carbons (Fsp3) is 0.238. The Morgan fingerprint density at radius 1 is 1.04 bits per heavy atom. The lowest BCUT2D eigenvalue weighted by Gasteiger charge is -2.35. The minimum atomic E-state index is -1.01. The Balaban J connectivity index is 1.43. The van der Waals surface area contributed by atoms with E-state index in [2.05, 4.69) is 9.88 Å². The maximum absolute atomic E-state index is 13.4. The minimum absolute atomic E-state index is 0.164. The number of pyridine rings is 1. The first-order valence-electron chi connectivity index (χ1n) is 9.01. The van der Waals surface area contributed by atoms with Gasteiger partial charge in [0.05, 0.1) is 5.52 Å². The van der Waals surface area contributed by atoms with Gasteiger partial charge in [-0.25, -0.2) is 8.78 Å². The monoisotopic (exact) mass is 401 g/mol. The molecule has 144 valence electrons. The quantitative estimate of drug-likeness (QED) is 0.662. The number of piperazine rings is 1. The van der Waals surface area contributed by atoms with E-state index in [0.717, 1.165) is 28.6 Å². The molecule has 0 unspecified atom stereocenters. The molecule has 1 fully saturated rings. The van der Waals surface area contributed by atoms with Gasteiger partial charge in [0, 0.05) is 54.9 Å². The molecule has 7 heteroatoms. The summed E-state index contributed by atoms with van der Waals surface area (Å²) in [6.45, 7) is 3.07. The van der Waals surface area contributed by atoms with Crippen molar-refractivity contribution in [2.24, 2.45) is 0 Å². The lowest BCUT2D eigenvalue weighted by Crippen LogP contribution is -2.48. The van der Waals surface area contributed by atoms with Crippen molar-refractivity contribution in [3.63, 3.8) is 0 Å². The topological polar surface area (TPSA) is 36.4 Å². The second kappa shape index (κ2) is 7.81. The summed E-state index contributed by atoms with van der Waals surface area (Å²) in [7, 11) is 0. The second-order valence-electron chi connectivity index (χ2n) is 6.84. The Morgan fingerprint density at radius 3 is 2.57 bits per heavy atom. The molecule has 2 heterocycles. The highest BCUT2D eigenvalue weighted by atomic mass is 35.5. The summed E-state index contributed by atoms with van der Waals surface area (Å²) >= 11 is 6.24. The highest BCUT2D eigenvalue weighted by Crippen LogP contribution is 2.24. The van der Waals surface area contributed by atoms with E-state index < -0.39 is 11.6 Å². The molecule has 1 amide bonds. The molecule has 0 N–H and O–H groups in total. The van der Waals surface area contributed by atoms with E-state index in [1.807, 2.05) is 24.3 Å². The van der Waals surface area contributed by atoms with Crippen molar-refractivity contribution in [2.45, 2.75) is 6.54 Å². The molecule has 4 nitrogen and oxygen atoms in total. The Labute approximate surface area is 166 Å². The Bertz CT molecular complexity index is 1040. The molecular weight excluding hydrogens is 384 g/mol. The van der Waals surface area contributed by atoms with Crippen LogP contribution in [0.2, 0.25) is 5.02 Å². The van der Waals surface area contributed by atoms with E-state index in [9.17, 15) is 13.6 Å². The number of benzene rings is 2. The minimum Gasteiger partial charge on any atom is -0.336 e. The number of fused-ring (bicyclic) bond motifs is 1. The van der Waals surface area contributed by atoms with Gasteiger partial charge in [-0.2, -0.15) is 0 Å². The summed E-state index contributed by atoms with van der Waals surface area (Å²) in [6, 6.07) is 10.9. The van der Waals surface area contributed by atoms with Gasteiger partial charge in [0.2, 0.25) is 0 Å². The molecule has 0 bridgehead atoms. The van der Waals surface area contributed by atoms with Crippen LogP contribution >= 0.6 is 11.6 Å². The van der Waals surface area contributed by atoms with Crippen molar-refractivity contribution < 1.29 is 13.6 Å². The van der Waals surface area contributed by atoms with Crippen molar-refractivity contribution in [2.75, 3.05) is 26.2 Å². The standard InChI is InChI=1S/C21H18ClF2N3O/c22-17-10-14-2-1-5-25-20(14)16(11-17)13-26-6-8-27(9-7-26)21(28)15-3-4-18(23)19(24)12-15/h1-5,10-12H,6-9,13H2. The van der Waals surface area contributed by atoms with Crippen LogP contribution in [0.15, 0.2) is 48.7 Å². The molecule has 4 rings (SSSR count). The van der Waals surface area contributed by atoms with Crippen LogP contribution in [0.25, 0.3) is 10.9 Å². The van der Waals surface area contributed by atoms with Crippen molar-refractivity contribution in [3.05, 3.63) is 76.4 Å². The number of aromatic nitrogens is 1. The van der Waals surface area contributed by atoms with E-state index in [1.165, 1.54) is 6.07 Å². The van der Waals surface area contributed by atoms with Crippen molar-refractivity contribution in [3.8, 4) is 0 Å². The molecule has 1 saturated heterocycles. The molecule has 1 aliphatic heterocycles. The number of hydrogen-bond donors (Lipinski definition) is 0. The van der Waals surface area contributed by atoms with Crippen LogP contribution < -0.4 is 0 Å². The number of amides is 1. The first-order valence-corrected chi connectivity index (χ1v) is 9.39. The van der Waals surface area contributed by atoms with Crippen LogP contribution in [-0.4, -0.2) is 46.9 Å². The van der Waals surface area contributed by atoms with Gasteiger partial charge in [-0.1, -0.05) is 17.7 Å². The van der Waals surface area contributed by atoms with E-state index in [4.69, 9.17) is 11.6 Å². The van der Waals surface area contributed by atoms with Crippen LogP contribution in [-0.2, 0) is 6.54 Å². The van der Waals surface area contributed by atoms with Gasteiger partial charge in [0.15, 0.2) is 11.6 Å². The number of halogens is 3. The van der Waals surface area contributed by atoms with Gasteiger partial charge >= 0.3 is 0 Å². The van der Waals surface area contributed by atoms with Crippen molar-refractivity contribution in [1.29, 1.82) is 0 Å². The first-order chi connectivity index (χ1) is 13.5. The van der Waals surface area contributed by atoms with Gasteiger partial charge in [0.1, 0.15) is 0 Å². The summed E-state index contributed by atoms with van der Waals surface area (Å²) in [5, 5.41) is 1.67. The van der Waals surface area contributed by atoms with Gasteiger partial charge in [-0.05, 0) is 42.0 Å². The van der Waals surface area contributed by atoms with Crippen LogP contribution in [0.1, 0.15) is 15.9 Å². The molecule has 0 atom stereocenters. The largest absolute Gasteiger partial charge is 0.336 e. The molecule has 28 heavy (non-hydrogen) atoms. The summed E-state index contributed by atoms with van der Waals surface area (Å²) in [6.07, 6.45) is 1.76. The SMILES string of the molecule is O=C(c1ccc(F)c(F)c1)N1CCN(Cc2cc(Cl)cc3cccnc23)CC1. The highest BCUT2D eigenvalue weighted by molar-refractivity contribution is 6.31. The number of nitrogens with zero attached hydrogens (tertiary/aromatic N) is 3. The smallest absolute Gasteiger partial charge is 0.254 e. The normalized spacial score (nSPS) is 15.2. The van der Waals surface area contributed by atoms with Gasteiger partial charge in [0.25, 0.3) is 5.91 Å². The molecule has 1 aromatic heterocycles. The molecule has 3 aromatic rings. The third kappa shape index (κ3) is 3.84. The van der Waals surface area contributed by atoms with E-state index >= 15 is 0 Å². The summed E-state index contributed by atoms with van der Waals surface area (Å²) in [4.78, 5) is 20.9. The third-order valence-electron chi connectivity index (χ3n) is 4.97. The second-order valence-corrected chi connectivity index (χ2v) is 7.27. The number of rotatable bonds is 3. The average Bonchev–Trinajstić information content (AvgIpc) is 2.70. The number of carbonyl (C=O) groups is 1. The molecule has 0 aliphatic carbocycles. The maximum atomic E-state index is 13.4. The van der Waals surface area contributed by atoms with Crippen LogP contribution in [0.4, 0.5) is 8.78 Å². The Hall–Kier alpha value is -2.57. The predicted molar refractivity (Wildman–Crippen MR) is 104 cm³/mol. The van der Waals surface area contributed by atoms with Gasteiger partial charge in [-0.3, -0.25) is 14.7 Å². The van der Waals surface area contributed by atoms with Gasteiger partial charge in [-0.15, -0.1) is 0 Å². The fourth-order valence-electron chi connectivity index (χ4n) is 3.51. The lowest BCUT2D eigenvalue weighted by atomic mass is 10.1. The van der Waals surface area contributed by atoms with Crippen LogP contribution in [0.5, 0.6) is 0 Å². The molecule has 2 aromatic carbocycles. The zero-order valence-corrected chi connectivity index (χ0v) is 15.8. The molecule has 1 aliphatic rings.